The number of amides is 1. The predicted octanol–water partition coefficient (Wildman–Crippen LogP) is 3.21. The molecule has 0 unspecified atom stereocenters. The molecule has 1 aromatic heterocycles. The molecule has 0 radical (unpaired) electrons. The zero-order chi connectivity index (χ0) is 13.5. The lowest BCUT2D eigenvalue weighted by atomic mass is 10.2. The van der Waals surface area contributed by atoms with E-state index < -0.39 is 0 Å². The van der Waals surface area contributed by atoms with Gasteiger partial charge in [-0.05, 0) is 43.2 Å². The Morgan fingerprint density at radius 2 is 2.11 bits per heavy atom. The van der Waals surface area contributed by atoms with E-state index in [1.54, 1.807) is 12.3 Å². The lowest BCUT2D eigenvalue weighted by Crippen LogP contribution is -2.24. The predicted molar refractivity (Wildman–Crippen MR) is 79.0 cm³/mol. The minimum absolute atomic E-state index is 0.0395. The summed E-state index contributed by atoms with van der Waals surface area (Å²) < 4.78 is 0.911. The number of hydrogen-bond donors (Lipinski definition) is 1. The summed E-state index contributed by atoms with van der Waals surface area (Å²) in [6.45, 7) is 0.655. The zero-order valence-corrected chi connectivity index (χ0v) is 12.1. The van der Waals surface area contributed by atoms with Gasteiger partial charge in [0.05, 0.1) is 0 Å². The molecule has 19 heavy (non-hydrogen) atoms. The summed E-state index contributed by atoms with van der Waals surface area (Å²) in [6.07, 6.45) is 3.55. The first-order chi connectivity index (χ1) is 9.25. The number of nitrogens with one attached hydrogen (secondary N) is 1. The summed E-state index contributed by atoms with van der Waals surface area (Å²) in [5.74, 6) is -0.0395. The summed E-state index contributed by atoms with van der Waals surface area (Å²) in [7, 11) is 0. The minimum Gasteiger partial charge on any atom is -0.352 e. The van der Waals surface area contributed by atoms with Crippen molar-refractivity contribution in [3.8, 4) is 0 Å². The molecular formula is C15H15BrN2O. The van der Waals surface area contributed by atoms with Gasteiger partial charge in [0, 0.05) is 28.5 Å². The van der Waals surface area contributed by atoms with Crippen molar-refractivity contribution in [3.63, 3.8) is 0 Å². The third-order valence-corrected chi connectivity index (χ3v) is 3.20. The number of pyridine rings is 1. The van der Waals surface area contributed by atoms with E-state index in [0.717, 1.165) is 23.0 Å². The van der Waals surface area contributed by atoms with Gasteiger partial charge in [-0.25, -0.2) is 0 Å². The molecule has 1 N–H and O–H groups in total. The largest absolute Gasteiger partial charge is 0.352 e. The number of hydrogen-bond acceptors (Lipinski definition) is 2. The van der Waals surface area contributed by atoms with Gasteiger partial charge in [0.2, 0.25) is 0 Å². The summed E-state index contributed by atoms with van der Waals surface area (Å²) in [4.78, 5) is 16.1. The van der Waals surface area contributed by atoms with Crippen LogP contribution in [0.2, 0.25) is 0 Å². The Hall–Kier alpha value is -1.68. The first-order valence-corrected chi connectivity index (χ1v) is 6.99. The number of aryl methyl sites for hydroxylation is 1. The van der Waals surface area contributed by atoms with Crippen molar-refractivity contribution in [1.82, 2.24) is 10.3 Å². The minimum atomic E-state index is -0.0395. The van der Waals surface area contributed by atoms with Crippen LogP contribution in [0.4, 0.5) is 0 Å². The Kier molecular flexibility index (Phi) is 5.10. The van der Waals surface area contributed by atoms with Gasteiger partial charge >= 0.3 is 0 Å². The highest BCUT2D eigenvalue weighted by Gasteiger charge is 2.04. The van der Waals surface area contributed by atoms with Crippen molar-refractivity contribution in [2.24, 2.45) is 0 Å². The maximum absolute atomic E-state index is 11.9. The number of carbonyl (C=O) groups excluding carboxylic acids is 1. The Bertz CT molecular complexity index is 543. The number of carbonyl (C=O) groups is 1. The van der Waals surface area contributed by atoms with Crippen molar-refractivity contribution >= 4 is 21.8 Å². The van der Waals surface area contributed by atoms with Crippen LogP contribution in [0.5, 0.6) is 0 Å². The van der Waals surface area contributed by atoms with Crippen LogP contribution in [0.25, 0.3) is 0 Å². The Labute approximate surface area is 121 Å². The summed E-state index contributed by atoms with van der Waals surface area (Å²) in [5.41, 5.74) is 1.73. The topological polar surface area (TPSA) is 42.0 Å². The SMILES string of the molecule is O=C(NCCCc1ccccn1)c1cccc(Br)c1. The van der Waals surface area contributed by atoms with Gasteiger partial charge in [-0.3, -0.25) is 9.78 Å². The highest BCUT2D eigenvalue weighted by Crippen LogP contribution is 2.11. The number of halogens is 1. The Morgan fingerprint density at radius 1 is 1.21 bits per heavy atom. The van der Waals surface area contributed by atoms with E-state index in [2.05, 4.69) is 26.2 Å². The van der Waals surface area contributed by atoms with Crippen LogP contribution in [0.3, 0.4) is 0 Å². The molecule has 4 heteroatoms. The zero-order valence-electron chi connectivity index (χ0n) is 10.5. The van der Waals surface area contributed by atoms with E-state index >= 15 is 0 Å². The van der Waals surface area contributed by atoms with Gasteiger partial charge in [0.25, 0.3) is 5.91 Å². The molecule has 0 bridgehead atoms. The molecule has 0 fully saturated rings. The van der Waals surface area contributed by atoms with E-state index in [-0.39, 0.29) is 5.91 Å². The lowest BCUT2D eigenvalue weighted by Gasteiger charge is -2.05. The summed E-state index contributed by atoms with van der Waals surface area (Å²) in [5, 5.41) is 2.91. The Morgan fingerprint density at radius 3 is 2.84 bits per heavy atom. The molecule has 1 aromatic carbocycles. The fourth-order valence-electron chi connectivity index (χ4n) is 1.75. The quantitative estimate of drug-likeness (QED) is 0.860. The smallest absolute Gasteiger partial charge is 0.251 e. The number of nitrogens with zero attached hydrogens (tertiary/aromatic N) is 1. The van der Waals surface area contributed by atoms with E-state index in [4.69, 9.17) is 0 Å². The second-order valence-corrected chi connectivity index (χ2v) is 5.11. The van der Waals surface area contributed by atoms with Crippen molar-refractivity contribution < 1.29 is 4.79 Å². The molecule has 3 nitrogen and oxygen atoms in total. The molecule has 1 amide bonds. The summed E-state index contributed by atoms with van der Waals surface area (Å²) in [6, 6.07) is 13.2. The second-order valence-electron chi connectivity index (χ2n) is 4.19. The van der Waals surface area contributed by atoms with Gasteiger partial charge in [-0.2, -0.15) is 0 Å². The third-order valence-electron chi connectivity index (χ3n) is 2.71. The van der Waals surface area contributed by atoms with Crippen LogP contribution < -0.4 is 5.32 Å². The highest BCUT2D eigenvalue weighted by atomic mass is 79.9. The average Bonchev–Trinajstić information content (AvgIpc) is 2.44. The molecule has 0 aliphatic rings. The second kappa shape index (κ2) is 7.04. The van der Waals surface area contributed by atoms with Gasteiger partial charge in [0.15, 0.2) is 0 Å². The average molecular weight is 319 g/mol. The molecule has 2 aromatic rings. The van der Waals surface area contributed by atoms with Crippen molar-refractivity contribution in [3.05, 3.63) is 64.4 Å². The molecule has 98 valence electrons. The van der Waals surface area contributed by atoms with E-state index in [0.29, 0.717) is 12.1 Å². The van der Waals surface area contributed by atoms with Crippen LogP contribution in [-0.4, -0.2) is 17.4 Å². The van der Waals surface area contributed by atoms with Crippen molar-refractivity contribution in [2.45, 2.75) is 12.8 Å². The van der Waals surface area contributed by atoms with Gasteiger partial charge in [-0.15, -0.1) is 0 Å². The molecule has 2 rings (SSSR count). The van der Waals surface area contributed by atoms with E-state index in [1.165, 1.54) is 0 Å². The van der Waals surface area contributed by atoms with Crippen LogP contribution in [0.1, 0.15) is 22.5 Å². The van der Waals surface area contributed by atoms with Crippen LogP contribution in [-0.2, 0) is 6.42 Å². The van der Waals surface area contributed by atoms with Crippen LogP contribution in [0, 0.1) is 0 Å². The highest BCUT2D eigenvalue weighted by molar-refractivity contribution is 9.10. The molecule has 0 saturated carbocycles. The molecule has 0 saturated heterocycles. The third kappa shape index (κ3) is 4.48. The standard InChI is InChI=1S/C15H15BrN2O/c16-13-6-3-5-12(11-13)15(19)18-10-4-8-14-7-1-2-9-17-14/h1-3,5-7,9,11H,4,8,10H2,(H,18,19). The molecule has 0 aliphatic carbocycles. The number of aromatic nitrogens is 1. The van der Waals surface area contributed by atoms with Crippen molar-refractivity contribution in [2.75, 3.05) is 6.54 Å². The molecule has 0 aliphatic heterocycles. The Balaban J connectivity index is 1.75. The molecule has 0 atom stereocenters. The maximum Gasteiger partial charge on any atom is 0.251 e. The van der Waals surface area contributed by atoms with E-state index in [9.17, 15) is 4.79 Å². The van der Waals surface area contributed by atoms with E-state index in [1.807, 2.05) is 36.4 Å². The van der Waals surface area contributed by atoms with Crippen LogP contribution >= 0.6 is 15.9 Å². The van der Waals surface area contributed by atoms with Crippen molar-refractivity contribution in [1.29, 1.82) is 0 Å². The maximum atomic E-state index is 11.9. The van der Waals surface area contributed by atoms with Gasteiger partial charge < -0.3 is 5.32 Å². The lowest BCUT2D eigenvalue weighted by molar-refractivity contribution is 0.0953. The van der Waals surface area contributed by atoms with Gasteiger partial charge in [0.1, 0.15) is 0 Å². The molecular weight excluding hydrogens is 304 g/mol. The normalized spacial score (nSPS) is 10.2. The molecule has 0 spiro atoms. The first-order valence-electron chi connectivity index (χ1n) is 6.19. The monoisotopic (exact) mass is 318 g/mol. The number of benzene rings is 1. The van der Waals surface area contributed by atoms with Crippen LogP contribution in [0.15, 0.2) is 53.1 Å². The fourth-order valence-corrected chi connectivity index (χ4v) is 2.15. The van der Waals surface area contributed by atoms with Gasteiger partial charge in [-0.1, -0.05) is 28.1 Å². The fraction of sp³-hybridized carbons (Fsp3) is 0.200. The summed E-state index contributed by atoms with van der Waals surface area (Å²) >= 11 is 3.35. The first kappa shape index (κ1) is 13.7. The molecule has 1 heterocycles. The number of rotatable bonds is 5.